The third-order valence-corrected chi connectivity index (χ3v) is 4.33. The number of nitrogens with zero attached hydrogens (tertiary/aromatic N) is 3. The van der Waals surface area contributed by atoms with E-state index < -0.39 is 0 Å². The lowest BCUT2D eigenvalue weighted by molar-refractivity contribution is -0.142. The number of carbonyl (C=O) groups is 2. The van der Waals surface area contributed by atoms with Gasteiger partial charge in [-0.25, -0.2) is 0 Å². The number of amides is 1. The summed E-state index contributed by atoms with van der Waals surface area (Å²) in [5.74, 6) is -0.840. The number of benzene rings is 1. The minimum Gasteiger partial charge on any atom is -0.469 e. The van der Waals surface area contributed by atoms with Gasteiger partial charge in [0.05, 0.1) is 18.6 Å². The molecule has 0 saturated carbocycles. The number of ether oxygens (including phenoxy) is 1. The first kappa shape index (κ1) is 15.8. The van der Waals surface area contributed by atoms with Gasteiger partial charge in [0.2, 0.25) is 0 Å². The molecule has 3 rings (SSSR count). The van der Waals surface area contributed by atoms with E-state index in [1.165, 1.54) is 7.11 Å². The molecule has 122 valence electrons. The number of rotatable bonds is 2. The molecule has 1 aliphatic heterocycles. The van der Waals surface area contributed by atoms with E-state index >= 15 is 0 Å². The van der Waals surface area contributed by atoms with Crippen molar-refractivity contribution in [1.82, 2.24) is 4.57 Å². The third-order valence-electron chi connectivity index (χ3n) is 4.33. The van der Waals surface area contributed by atoms with Crippen LogP contribution in [0.4, 0.5) is 5.69 Å². The quantitative estimate of drug-likeness (QED) is 0.794. The minimum atomic E-state index is -0.363. The smallest absolute Gasteiger partial charge is 0.313 e. The van der Waals surface area contributed by atoms with Crippen LogP contribution in [0.15, 0.2) is 36.5 Å². The number of hydrogen-bond acceptors (Lipinski definition) is 4. The Morgan fingerprint density at radius 2 is 2.08 bits per heavy atom. The Balaban J connectivity index is 2.00. The molecular formula is C18H17N3O3. The summed E-state index contributed by atoms with van der Waals surface area (Å²) in [5.41, 5.74) is 2.39. The average molecular weight is 323 g/mol. The highest BCUT2D eigenvalue weighted by Crippen LogP contribution is 2.36. The van der Waals surface area contributed by atoms with Crippen molar-refractivity contribution < 1.29 is 14.3 Å². The van der Waals surface area contributed by atoms with Gasteiger partial charge in [-0.2, -0.15) is 5.26 Å². The molecule has 0 fully saturated rings. The van der Waals surface area contributed by atoms with Crippen LogP contribution in [-0.4, -0.2) is 30.1 Å². The predicted molar refractivity (Wildman–Crippen MR) is 87.6 cm³/mol. The van der Waals surface area contributed by atoms with Crippen LogP contribution in [0.5, 0.6) is 0 Å². The zero-order chi connectivity index (χ0) is 17.3. The monoisotopic (exact) mass is 323 g/mol. The Bertz CT molecular complexity index is 847. The number of hydrogen-bond donors (Lipinski definition) is 0. The highest BCUT2D eigenvalue weighted by molar-refractivity contribution is 6.06. The molecule has 0 bridgehead atoms. The third kappa shape index (κ3) is 2.54. The van der Waals surface area contributed by atoms with E-state index in [0.717, 1.165) is 5.56 Å². The van der Waals surface area contributed by atoms with Crippen LogP contribution in [0.25, 0.3) is 0 Å². The molecule has 0 aliphatic carbocycles. The molecule has 0 unspecified atom stereocenters. The number of esters is 1. The first-order valence-corrected chi connectivity index (χ1v) is 7.62. The minimum absolute atomic E-state index is 0.185. The molecule has 0 spiro atoms. The van der Waals surface area contributed by atoms with Crippen LogP contribution in [-0.2, 0) is 16.6 Å². The normalized spacial score (nSPS) is 16.2. The second-order valence-electron chi connectivity index (χ2n) is 5.72. The van der Waals surface area contributed by atoms with Crippen molar-refractivity contribution in [2.45, 2.75) is 12.3 Å². The van der Waals surface area contributed by atoms with Gasteiger partial charge in [0.25, 0.3) is 5.91 Å². The van der Waals surface area contributed by atoms with E-state index in [1.54, 1.807) is 28.8 Å². The lowest BCUT2D eigenvalue weighted by atomic mass is 9.89. The SMILES string of the molecule is COC(=O)[C@H]1CCN(C(=O)c2cc(C#N)cn2C)c2ccccc21. The molecule has 1 atom stereocenters. The first-order chi connectivity index (χ1) is 11.6. The van der Waals surface area contributed by atoms with Crippen molar-refractivity contribution in [3.63, 3.8) is 0 Å². The molecule has 2 aromatic rings. The second kappa shape index (κ2) is 6.20. The highest BCUT2D eigenvalue weighted by Gasteiger charge is 2.34. The standard InChI is InChI=1S/C18H17N3O3/c1-20-11-12(10-19)9-16(20)17(22)21-8-7-14(18(23)24-2)13-5-3-4-6-15(13)21/h3-6,9,11,14H,7-8H2,1-2H3/t14-/m0/s1. The Morgan fingerprint density at radius 1 is 1.33 bits per heavy atom. The highest BCUT2D eigenvalue weighted by atomic mass is 16.5. The number of para-hydroxylation sites is 1. The summed E-state index contributed by atoms with van der Waals surface area (Å²) < 4.78 is 6.53. The number of fused-ring (bicyclic) bond motifs is 1. The molecule has 6 nitrogen and oxygen atoms in total. The maximum absolute atomic E-state index is 12.9. The molecule has 0 saturated heterocycles. The Kier molecular flexibility index (Phi) is 4.09. The summed E-state index contributed by atoms with van der Waals surface area (Å²) in [6, 6.07) is 11.0. The van der Waals surface area contributed by atoms with Gasteiger partial charge < -0.3 is 14.2 Å². The van der Waals surface area contributed by atoms with Gasteiger partial charge >= 0.3 is 5.97 Å². The van der Waals surface area contributed by atoms with Gasteiger partial charge in [-0.1, -0.05) is 18.2 Å². The van der Waals surface area contributed by atoms with Gasteiger partial charge in [-0.05, 0) is 24.1 Å². The van der Waals surface area contributed by atoms with Crippen molar-refractivity contribution in [2.24, 2.45) is 7.05 Å². The second-order valence-corrected chi connectivity index (χ2v) is 5.72. The van der Waals surface area contributed by atoms with Crippen molar-refractivity contribution in [2.75, 3.05) is 18.6 Å². The number of aromatic nitrogens is 1. The number of nitriles is 1. The van der Waals surface area contributed by atoms with Crippen LogP contribution in [0.3, 0.4) is 0 Å². The fourth-order valence-electron chi connectivity index (χ4n) is 3.14. The predicted octanol–water partition coefficient (Wildman–Crippen LogP) is 2.20. The van der Waals surface area contributed by atoms with Gasteiger partial charge in [-0.3, -0.25) is 9.59 Å². The Labute approximate surface area is 139 Å². The van der Waals surface area contributed by atoms with E-state index in [9.17, 15) is 9.59 Å². The van der Waals surface area contributed by atoms with E-state index in [1.807, 2.05) is 30.3 Å². The van der Waals surface area contributed by atoms with Crippen LogP contribution in [0.2, 0.25) is 0 Å². The van der Waals surface area contributed by atoms with Crippen LogP contribution < -0.4 is 4.90 Å². The number of methoxy groups -OCH3 is 1. The molecule has 0 N–H and O–H groups in total. The van der Waals surface area contributed by atoms with Crippen molar-refractivity contribution >= 4 is 17.6 Å². The van der Waals surface area contributed by atoms with Crippen LogP contribution in [0.1, 0.15) is 34.0 Å². The lowest BCUT2D eigenvalue weighted by Gasteiger charge is -2.33. The molecule has 6 heteroatoms. The van der Waals surface area contributed by atoms with Gasteiger partial charge in [-0.15, -0.1) is 0 Å². The van der Waals surface area contributed by atoms with Gasteiger partial charge in [0.1, 0.15) is 11.8 Å². The lowest BCUT2D eigenvalue weighted by Crippen LogP contribution is -2.39. The fraction of sp³-hybridized carbons (Fsp3) is 0.278. The van der Waals surface area contributed by atoms with E-state index in [-0.39, 0.29) is 17.8 Å². The molecular weight excluding hydrogens is 306 g/mol. The maximum atomic E-state index is 12.9. The summed E-state index contributed by atoms with van der Waals surface area (Å²) in [7, 11) is 3.11. The fourth-order valence-corrected chi connectivity index (χ4v) is 3.14. The largest absolute Gasteiger partial charge is 0.469 e. The van der Waals surface area contributed by atoms with E-state index in [2.05, 4.69) is 0 Å². The summed E-state index contributed by atoms with van der Waals surface area (Å²) in [5, 5.41) is 9.01. The van der Waals surface area contributed by atoms with Crippen LogP contribution in [0, 0.1) is 11.3 Å². The average Bonchev–Trinajstić information content (AvgIpc) is 3.00. The summed E-state index contributed by atoms with van der Waals surface area (Å²) >= 11 is 0. The summed E-state index contributed by atoms with van der Waals surface area (Å²) in [6.45, 7) is 0.419. The zero-order valence-corrected chi connectivity index (χ0v) is 13.5. The van der Waals surface area contributed by atoms with E-state index in [0.29, 0.717) is 29.9 Å². The first-order valence-electron chi connectivity index (χ1n) is 7.62. The summed E-state index contributed by atoms with van der Waals surface area (Å²) in [4.78, 5) is 26.6. The molecule has 1 aromatic heterocycles. The molecule has 1 amide bonds. The number of anilines is 1. The maximum Gasteiger partial charge on any atom is 0.313 e. The topological polar surface area (TPSA) is 75.3 Å². The number of aryl methyl sites for hydroxylation is 1. The van der Waals surface area contributed by atoms with Crippen LogP contribution >= 0.6 is 0 Å². The molecule has 2 heterocycles. The van der Waals surface area contributed by atoms with Gasteiger partial charge in [0.15, 0.2) is 0 Å². The molecule has 24 heavy (non-hydrogen) atoms. The Morgan fingerprint density at radius 3 is 2.75 bits per heavy atom. The number of carbonyl (C=O) groups excluding carboxylic acids is 2. The Hall–Kier alpha value is -3.07. The van der Waals surface area contributed by atoms with E-state index in [4.69, 9.17) is 10.00 Å². The molecule has 1 aliphatic rings. The zero-order valence-electron chi connectivity index (χ0n) is 13.5. The molecule has 1 aromatic carbocycles. The van der Waals surface area contributed by atoms with Crippen molar-refractivity contribution in [1.29, 1.82) is 5.26 Å². The molecule has 0 radical (unpaired) electrons. The van der Waals surface area contributed by atoms with Crippen molar-refractivity contribution in [3.8, 4) is 6.07 Å². The van der Waals surface area contributed by atoms with Crippen molar-refractivity contribution in [3.05, 3.63) is 53.3 Å². The summed E-state index contributed by atoms with van der Waals surface area (Å²) in [6.07, 6.45) is 2.13. The van der Waals surface area contributed by atoms with Gasteiger partial charge in [0, 0.05) is 25.5 Å².